The van der Waals surface area contributed by atoms with E-state index in [9.17, 15) is 24.3 Å². The molecule has 0 bridgehead atoms. The molecule has 1 heterocycles. The molecule has 1 aliphatic rings. The first kappa shape index (κ1) is 23.7. The first-order valence-corrected chi connectivity index (χ1v) is 11.3. The second-order valence-electron chi connectivity index (χ2n) is 8.70. The van der Waals surface area contributed by atoms with E-state index in [0.29, 0.717) is 16.7 Å². The normalized spacial score (nSPS) is 14.3. The molecule has 7 nitrogen and oxygen atoms in total. The lowest BCUT2D eigenvalue weighted by Crippen LogP contribution is -2.56. The van der Waals surface area contributed by atoms with Gasteiger partial charge in [-0.25, -0.2) is 4.79 Å². The van der Waals surface area contributed by atoms with Crippen molar-refractivity contribution >= 4 is 39.6 Å². The number of fused-ring (bicyclic) bond motifs is 1. The highest BCUT2D eigenvalue weighted by Crippen LogP contribution is 2.27. The van der Waals surface area contributed by atoms with Crippen LogP contribution in [0.5, 0.6) is 0 Å². The Balaban J connectivity index is 1.93. The molecule has 2 aromatic carbocycles. The van der Waals surface area contributed by atoms with Crippen LogP contribution in [0.1, 0.15) is 57.4 Å². The van der Waals surface area contributed by atoms with Crippen molar-refractivity contribution in [1.29, 1.82) is 0 Å². The van der Waals surface area contributed by atoms with E-state index >= 15 is 0 Å². The van der Waals surface area contributed by atoms with Gasteiger partial charge < -0.3 is 5.11 Å². The van der Waals surface area contributed by atoms with Crippen LogP contribution >= 0.6 is 15.9 Å². The maximum absolute atomic E-state index is 12.9. The van der Waals surface area contributed by atoms with Crippen molar-refractivity contribution in [3.63, 3.8) is 0 Å². The Hall–Kier alpha value is -3.00. The summed E-state index contributed by atoms with van der Waals surface area (Å²) in [5.74, 6) is -0.901. The fraction of sp³-hybridized carbons (Fsp3) is 0.333. The van der Waals surface area contributed by atoms with Gasteiger partial charge in [-0.05, 0) is 44.9 Å². The first-order chi connectivity index (χ1) is 15.0. The molecular weight excluding hydrogens is 476 g/mol. The van der Waals surface area contributed by atoms with Crippen molar-refractivity contribution < 1.29 is 24.3 Å². The van der Waals surface area contributed by atoms with Crippen molar-refractivity contribution in [3.05, 3.63) is 70.8 Å². The smallest absolute Gasteiger partial charge is 0.408 e. The highest BCUT2D eigenvalue weighted by molar-refractivity contribution is 9.09. The number of ketones is 1. The molecule has 0 aromatic heterocycles. The number of alkyl halides is 1. The lowest BCUT2D eigenvalue weighted by molar-refractivity contribution is 0.0431. The van der Waals surface area contributed by atoms with Crippen LogP contribution in [0.4, 0.5) is 4.79 Å². The van der Waals surface area contributed by atoms with Gasteiger partial charge in [-0.1, -0.05) is 52.3 Å². The Morgan fingerprint density at radius 3 is 1.97 bits per heavy atom. The standard InChI is InChI=1S/C24H25BrN2O5/c1-24(2,3)27(23(31)32)17(12-15-8-10-16(11-9-15)20(28)13-25)14-26-21(29)18-6-4-5-7-19(18)22(26)30/h4-11,17H,12-14H2,1-3H3,(H,31,32)/t17-/m0/s1. The van der Waals surface area contributed by atoms with E-state index in [4.69, 9.17) is 0 Å². The van der Waals surface area contributed by atoms with Crippen LogP contribution in [0.25, 0.3) is 0 Å². The number of rotatable bonds is 7. The van der Waals surface area contributed by atoms with Crippen molar-refractivity contribution in [2.45, 2.75) is 38.8 Å². The molecule has 168 valence electrons. The van der Waals surface area contributed by atoms with Gasteiger partial charge in [-0.15, -0.1) is 0 Å². The number of hydrogen-bond donors (Lipinski definition) is 1. The number of hydrogen-bond acceptors (Lipinski definition) is 4. The van der Waals surface area contributed by atoms with Crippen LogP contribution in [0.2, 0.25) is 0 Å². The van der Waals surface area contributed by atoms with E-state index in [1.807, 2.05) is 0 Å². The molecule has 1 N–H and O–H groups in total. The van der Waals surface area contributed by atoms with Crippen molar-refractivity contribution in [3.8, 4) is 0 Å². The lowest BCUT2D eigenvalue weighted by atomic mass is 9.97. The SMILES string of the molecule is CC(C)(C)N(C(=O)O)[C@@H](Cc1ccc(C(=O)CBr)cc1)CN1C(=O)c2ccccc2C1=O. The Kier molecular flexibility index (Phi) is 6.83. The molecule has 0 spiro atoms. The summed E-state index contributed by atoms with van der Waals surface area (Å²) in [7, 11) is 0. The number of Topliss-reactive ketones (excluding diaryl/α,β-unsaturated/α-hetero) is 1. The van der Waals surface area contributed by atoms with Crippen LogP contribution in [0, 0.1) is 0 Å². The molecule has 0 aliphatic carbocycles. The maximum Gasteiger partial charge on any atom is 0.408 e. The summed E-state index contributed by atoms with van der Waals surface area (Å²) in [5.41, 5.74) is 1.24. The molecule has 0 radical (unpaired) electrons. The van der Waals surface area contributed by atoms with Crippen molar-refractivity contribution in [2.75, 3.05) is 11.9 Å². The third-order valence-corrected chi connectivity index (χ3v) is 5.94. The summed E-state index contributed by atoms with van der Waals surface area (Å²) < 4.78 is 0. The van der Waals surface area contributed by atoms with Gasteiger partial charge >= 0.3 is 6.09 Å². The largest absolute Gasteiger partial charge is 0.465 e. The molecule has 0 unspecified atom stereocenters. The van der Waals surface area contributed by atoms with Gasteiger partial charge in [-0.2, -0.15) is 0 Å². The van der Waals surface area contributed by atoms with Crippen LogP contribution in [0.15, 0.2) is 48.5 Å². The van der Waals surface area contributed by atoms with Gasteiger partial charge in [0.15, 0.2) is 5.78 Å². The van der Waals surface area contributed by atoms with Gasteiger partial charge in [0, 0.05) is 11.1 Å². The third kappa shape index (κ3) is 4.75. The summed E-state index contributed by atoms with van der Waals surface area (Å²) in [6, 6.07) is 12.8. The molecule has 1 aliphatic heterocycles. The topological polar surface area (TPSA) is 95.0 Å². The zero-order valence-corrected chi connectivity index (χ0v) is 19.8. The minimum absolute atomic E-state index is 0.0546. The summed E-state index contributed by atoms with van der Waals surface area (Å²) in [4.78, 5) is 52.3. The Bertz CT molecular complexity index is 1020. The van der Waals surface area contributed by atoms with Crippen LogP contribution < -0.4 is 0 Å². The minimum Gasteiger partial charge on any atom is -0.465 e. The number of halogens is 1. The first-order valence-electron chi connectivity index (χ1n) is 10.2. The average molecular weight is 501 g/mol. The van der Waals surface area contributed by atoms with E-state index in [2.05, 4.69) is 15.9 Å². The number of carboxylic acid groups (broad SMARTS) is 1. The number of nitrogens with zero attached hydrogens (tertiary/aromatic N) is 2. The van der Waals surface area contributed by atoms with Gasteiger partial charge in [0.2, 0.25) is 0 Å². The number of benzene rings is 2. The molecule has 8 heteroatoms. The summed E-state index contributed by atoms with van der Waals surface area (Å²) in [5, 5.41) is 10.2. The number of carbonyl (C=O) groups excluding carboxylic acids is 3. The third-order valence-electron chi connectivity index (χ3n) is 5.43. The lowest BCUT2D eigenvalue weighted by Gasteiger charge is -2.41. The van der Waals surface area contributed by atoms with Crippen molar-refractivity contribution in [1.82, 2.24) is 9.80 Å². The molecule has 0 fully saturated rings. The predicted molar refractivity (Wildman–Crippen MR) is 123 cm³/mol. The Labute approximate surface area is 195 Å². The quantitative estimate of drug-likeness (QED) is 0.348. The molecular formula is C24H25BrN2O5. The zero-order valence-electron chi connectivity index (χ0n) is 18.2. The molecule has 0 saturated heterocycles. The van der Waals surface area contributed by atoms with Gasteiger partial charge in [0.05, 0.1) is 29.0 Å². The van der Waals surface area contributed by atoms with Gasteiger partial charge in [0.25, 0.3) is 11.8 Å². The predicted octanol–water partition coefficient (Wildman–Crippen LogP) is 4.25. The highest BCUT2D eigenvalue weighted by Gasteiger charge is 2.40. The van der Waals surface area contributed by atoms with E-state index in [-0.39, 0.29) is 24.1 Å². The second kappa shape index (κ2) is 9.24. The Morgan fingerprint density at radius 2 is 1.53 bits per heavy atom. The number of carbonyl (C=O) groups is 4. The van der Waals surface area contributed by atoms with Crippen LogP contribution in [-0.2, 0) is 6.42 Å². The van der Waals surface area contributed by atoms with E-state index < -0.39 is 29.5 Å². The highest BCUT2D eigenvalue weighted by atomic mass is 79.9. The minimum atomic E-state index is -1.13. The molecule has 32 heavy (non-hydrogen) atoms. The molecule has 3 amide bonds. The number of amides is 3. The molecule has 3 rings (SSSR count). The fourth-order valence-corrected chi connectivity index (χ4v) is 4.34. The summed E-state index contributed by atoms with van der Waals surface area (Å²) in [6.07, 6.45) is -0.857. The maximum atomic E-state index is 12.9. The molecule has 1 atom stereocenters. The zero-order chi connectivity index (χ0) is 23.6. The monoisotopic (exact) mass is 500 g/mol. The fourth-order valence-electron chi connectivity index (χ4n) is 4.02. The van der Waals surface area contributed by atoms with Crippen LogP contribution in [0.3, 0.4) is 0 Å². The van der Waals surface area contributed by atoms with E-state index in [0.717, 1.165) is 10.5 Å². The van der Waals surface area contributed by atoms with Gasteiger partial charge in [-0.3, -0.25) is 24.2 Å². The number of imide groups is 1. The summed E-state index contributed by atoms with van der Waals surface area (Å²) in [6.45, 7) is 5.24. The van der Waals surface area contributed by atoms with E-state index in [1.54, 1.807) is 69.3 Å². The molecule has 0 saturated carbocycles. The second-order valence-corrected chi connectivity index (χ2v) is 9.26. The van der Waals surface area contributed by atoms with Crippen molar-refractivity contribution in [2.24, 2.45) is 0 Å². The summed E-state index contributed by atoms with van der Waals surface area (Å²) >= 11 is 3.15. The Morgan fingerprint density at radius 1 is 1.00 bits per heavy atom. The van der Waals surface area contributed by atoms with E-state index in [1.165, 1.54) is 4.90 Å². The van der Waals surface area contributed by atoms with Gasteiger partial charge in [0.1, 0.15) is 0 Å². The molecule has 2 aromatic rings. The average Bonchev–Trinajstić information content (AvgIpc) is 2.97. The van der Waals surface area contributed by atoms with Crippen LogP contribution in [-0.4, -0.2) is 62.1 Å².